The molecule has 2 aromatic heterocycles. The van der Waals surface area contributed by atoms with Gasteiger partial charge in [-0.1, -0.05) is 0 Å². The molecule has 3 aromatic rings. The molecule has 1 fully saturated rings. The predicted octanol–water partition coefficient (Wildman–Crippen LogP) is 1.90. The maximum atomic E-state index is 12.0. The van der Waals surface area contributed by atoms with Crippen molar-refractivity contribution < 1.29 is 19.1 Å². The van der Waals surface area contributed by atoms with Crippen LogP contribution in [0.5, 0.6) is 0 Å². The highest BCUT2D eigenvalue weighted by Gasteiger charge is 2.31. The molecular formula is C26H35N11O4. The first kappa shape index (κ1) is 29.0. The van der Waals surface area contributed by atoms with E-state index in [-0.39, 0.29) is 48.8 Å². The van der Waals surface area contributed by atoms with Crippen molar-refractivity contribution in [3.8, 4) is 5.82 Å². The number of benzene rings is 1. The number of rotatable bonds is 9. The number of urea groups is 1. The van der Waals surface area contributed by atoms with Gasteiger partial charge in [0.25, 0.3) is 0 Å². The van der Waals surface area contributed by atoms with Crippen molar-refractivity contribution in [3.05, 3.63) is 36.7 Å². The Morgan fingerprint density at radius 2 is 1.71 bits per heavy atom. The number of carbonyl (C=O) groups excluding carboxylic acids is 3. The Bertz CT molecular complexity index is 1370. The van der Waals surface area contributed by atoms with Crippen LogP contribution in [-0.4, -0.2) is 85.9 Å². The zero-order chi connectivity index (χ0) is 29.5. The van der Waals surface area contributed by atoms with Crippen LogP contribution in [0.25, 0.3) is 5.82 Å². The molecule has 218 valence electrons. The Balaban J connectivity index is 1.36. The van der Waals surface area contributed by atoms with E-state index in [2.05, 4.69) is 40.9 Å². The van der Waals surface area contributed by atoms with Crippen LogP contribution in [0.4, 0.5) is 33.9 Å². The second kappa shape index (κ2) is 12.9. The number of piperazine rings is 1. The van der Waals surface area contributed by atoms with Gasteiger partial charge in [-0.15, -0.1) is 5.10 Å². The summed E-state index contributed by atoms with van der Waals surface area (Å²) >= 11 is 0. The zero-order valence-corrected chi connectivity index (χ0v) is 23.5. The second-order valence-corrected chi connectivity index (χ2v) is 9.61. The lowest BCUT2D eigenvalue weighted by Crippen LogP contribution is -2.58. The van der Waals surface area contributed by atoms with Crippen LogP contribution in [0.2, 0.25) is 0 Å². The summed E-state index contributed by atoms with van der Waals surface area (Å²) < 4.78 is 6.25. The normalized spacial score (nSPS) is 16.7. The largest absolute Gasteiger partial charge is 0.466 e. The highest BCUT2D eigenvalue weighted by atomic mass is 16.5. The molecule has 1 aromatic carbocycles. The minimum Gasteiger partial charge on any atom is -0.466 e. The Morgan fingerprint density at radius 1 is 1.05 bits per heavy atom. The number of amides is 3. The van der Waals surface area contributed by atoms with E-state index in [4.69, 9.17) is 10.5 Å². The maximum Gasteiger partial charge on any atom is 0.319 e. The molecule has 1 saturated heterocycles. The van der Waals surface area contributed by atoms with Gasteiger partial charge in [0, 0.05) is 56.1 Å². The van der Waals surface area contributed by atoms with Crippen molar-refractivity contribution in [1.29, 1.82) is 0 Å². The second-order valence-electron chi connectivity index (χ2n) is 9.61. The van der Waals surface area contributed by atoms with Gasteiger partial charge in [-0.2, -0.15) is 9.67 Å². The van der Waals surface area contributed by atoms with Crippen molar-refractivity contribution in [2.24, 2.45) is 0 Å². The van der Waals surface area contributed by atoms with E-state index >= 15 is 0 Å². The highest BCUT2D eigenvalue weighted by Crippen LogP contribution is 2.24. The van der Waals surface area contributed by atoms with E-state index < -0.39 is 6.03 Å². The number of nitrogen functional groups attached to an aromatic ring is 1. The van der Waals surface area contributed by atoms with Crippen LogP contribution >= 0.6 is 0 Å². The molecule has 3 heterocycles. The Morgan fingerprint density at radius 3 is 2.37 bits per heavy atom. The van der Waals surface area contributed by atoms with Crippen molar-refractivity contribution in [2.75, 3.05) is 47.5 Å². The number of hydrogen-bond donors (Lipinski definition) is 4. The van der Waals surface area contributed by atoms with Gasteiger partial charge in [0.05, 0.1) is 13.0 Å². The number of anilines is 5. The van der Waals surface area contributed by atoms with Gasteiger partial charge >= 0.3 is 12.0 Å². The van der Waals surface area contributed by atoms with Crippen LogP contribution in [0.3, 0.4) is 0 Å². The van der Waals surface area contributed by atoms with Crippen molar-refractivity contribution in [2.45, 2.75) is 46.2 Å². The average Bonchev–Trinajstić information content (AvgIpc) is 3.29. The third kappa shape index (κ3) is 7.38. The SMILES string of the molecule is CCOC(=O)CCNC(=O)Nc1ccc(Nc2nc(N)n(-c3cc(N4C[C@@H](C)N(C(C)=O)[C@@H](C)C4)ncn3)n2)cc1. The Kier molecular flexibility index (Phi) is 9.16. The first-order valence-electron chi connectivity index (χ1n) is 13.3. The number of ether oxygens (including phenoxy) is 1. The lowest BCUT2D eigenvalue weighted by atomic mass is 10.1. The van der Waals surface area contributed by atoms with E-state index in [1.54, 1.807) is 44.2 Å². The first-order valence-corrected chi connectivity index (χ1v) is 13.3. The molecule has 0 unspecified atom stereocenters. The van der Waals surface area contributed by atoms with Gasteiger partial charge in [-0.3, -0.25) is 9.59 Å². The third-order valence-corrected chi connectivity index (χ3v) is 6.41. The summed E-state index contributed by atoms with van der Waals surface area (Å²) in [5.41, 5.74) is 7.38. The summed E-state index contributed by atoms with van der Waals surface area (Å²) in [4.78, 5) is 52.5. The van der Waals surface area contributed by atoms with Gasteiger partial charge in [-0.05, 0) is 45.0 Å². The molecule has 0 bridgehead atoms. The number of aromatic nitrogens is 5. The monoisotopic (exact) mass is 565 g/mol. The fourth-order valence-electron chi connectivity index (χ4n) is 4.75. The van der Waals surface area contributed by atoms with Crippen LogP contribution in [-0.2, 0) is 14.3 Å². The lowest BCUT2D eigenvalue weighted by Gasteiger charge is -2.44. The maximum absolute atomic E-state index is 12.0. The zero-order valence-electron chi connectivity index (χ0n) is 23.5. The van der Waals surface area contributed by atoms with Gasteiger partial charge in [-0.25, -0.2) is 14.8 Å². The van der Waals surface area contributed by atoms with Gasteiger partial charge in [0.15, 0.2) is 5.82 Å². The van der Waals surface area contributed by atoms with E-state index in [0.717, 1.165) is 0 Å². The van der Waals surface area contributed by atoms with E-state index in [0.29, 0.717) is 42.7 Å². The quantitative estimate of drug-likeness (QED) is 0.278. The molecule has 1 aliphatic rings. The summed E-state index contributed by atoms with van der Waals surface area (Å²) in [6.07, 6.45) is 1.55. The van der Waals surface area contributed by atoms with E-state index in [1.807, 2.05) is 18.7 Å². The average molecular weight is 566 g/mol. The number of hydrogen-bond acceptors (Lipinski definition) is 11. The Labute approximate surface area is 237 Å². The Hall–Kier alpha value is -4.95. The van der Waals surface area contributed by atoms with E-state index in [1.165, 1.54) is 11.0 Å². The third-order valence-electron chi connectivity index (χ3n) is 6.41. The molecule has 0 spiro atoms. The fourth-order valence-corrected chi connectivity index (χ4v) is 4.75. The summed E-state index contributed by atoms with van der Waals surface area (Å²) in [5, 5.41) is 12.8. The number of nitrogens with zero attached hydrogens (tertiary/aromatic N) is 7. The lowest BCUT2D eigenvalue weighted by molar-refractivity contribution is -0.143. The molecule has 15 heteroatoms. The van der Waals surface area contributed by atoms with Crippen molar-refractivity contribution >= 4 is 47.0 Å². The standard InChI is InChI=1S/C26H35N11O4/c1-5-41-23(39)10-11-28-26(40)32-20-8-6-19(7-9-20)31-25-33-24(27)37(34-25)22-12-21(29-15-30-22)35-13-16(2)36(18(4)38)17(3)14-35/h6-9,12,15-17H,5,10-11,13-14H2,1-4H3,(H2,28,32,40)(H3,27,31,33,34)/t16-,17+. The van der Waals surface area contributed by atoms with Crippen LogP contribution in [0, 0.1) is 0 Å². The minimum absolute atomic E-state index is 0.0363. The molecule has 4 rings (SSSR count). The topological polar surface area (TPSA) is 186 Å². The number of nitrogens with one attached hydrogen (secondary N) is 3. The minimum atomic E-state index is -0.433. The van der Waals surface area contributed by atoms with Gasteiger partial charge < -0.3 is 36.2 Å². The molecule has 15 nitrogen and oxygen atoms in total. The molecule has 1 aliphatic heterocycles. The number of nitrogens with two attached hydrogens (primary N) is 1. The molecule has 0 radical (unpaired) electrons. The van der Waals surface area contributed by atoms with Crippen LogP contribution < -0.4 is 26.6 Å². The molecule has 0 aliphatic carbocycles. The molecule has 5 N–H and O–H groups in total. The fraction of sp³-hybridized carbons (Fsp3) is 0.423. The summed E-state index contributed by atoms with van der Waals surface area (Å²) in [6, 6.07) is 8.33. The molecule has 2 atom stereocenters. The van der Waals surface area contributed by atoms with Gasteiger partial charge in [0.1, 0.15) is 12.1 Å². The van der Waals surface area contributed by atoms with Crippen molar-refractivity contribution in [1.82, 2.24) is 34.9 Å². The molecular weight excluding hydrogens is 530 g/mol. The van der Waals surface area contributed by atoms with Crippen LogP contribution in [0.15, 0.2) is 36.7 Å². The highest BCUT2D eigenvalue weighted by molar-refractivity contribution is 5.89. The summed E-state index contributed by atoms with van der Waals surface area (Å²) in [6.45, 7) is 9.10. The summed E-state index contributed by atoms with van der Waals surface area (Å²) in [7, 11) is 0. The van der Waals surface area contributed by atoms with Gasteiger partial charge in [0.2, 0.25) is 17.8 Å². The van der Waals surface area contributed by atoms with Crippen LogP contribution in [0.1, 0.15) is 34.1 Å². The number of esters is 1. The number of carbonyl (C=O) groups is 3. The summed E-state index contributed by atoms with van der Waals surface area (Å²) in [5.74, 6) is 1.25. The first-order chi connectivity index (χ1) is 19.6. The molecule has 0 saturated carbocycles. The smallest absolute Gasteiger partial charge is 0.319 e. The van der Waals surface area contributed by atoms with Crippen molar-refractivity contribution in [3.63, 3.8) is 0 Å². The predicted molar refractivity (Wildman–Crippen MR) is 153 cm³/mol. The van der Waals surface area contributed by atoms with E-state index in [9.17, 15) is 14.4 Å². The molecule has 41 heavy (non-hydrogen) atoms. The molecule has 3 amide bonds.